The van der Waals surface area contributed by atoms with Gasteiger partial charge in [-0.15, -0.1) is 0 Å². The number of hydrogen-bond donors (Lipinski definition) is 0. The molecule has 0 aromatic carbocycles. The van der Waals surface area contributed by atoms with Gasteiger partial charge in [-0.05, 0) is 104 Å². The Kier molecular flexibility index (Phi) is 3.70. The molecule has 4 bridgehead atoms. The molecule has 5 aliphatic carbocycles. The average Bonchev–Trinajstić information content (AvgIpc) is 2.45. The van der Waals surface area contributed by atoms with Gasteiger partial charge in [0.1, 0.15) is 0 Å². The molecule has 0 aromatic heterocycles. The highest BCUT2D eigenvalue weighted by Gasteiger charge is 2.59. The number of rotatable bonds is 3. The first-order valence-electron chi connectivity index (χ1n) is 10.4. The molecular formula is C22H38. The van der Waals surface area contributed by atoms with Crippen molar-refractivity contribution in [2.45, 2.75) is 91.9 Å². The van der Waals surface area contributed by atoms with Crippen molar-refractivity contribution in [1.29, 1.82) is 0 Å². The van der Waals surface area contributed by atoms with Gasteiger partial charge in [-0.1, -0.05) is 34.1 Å². The molecule has 0 amide bonds. The maximum absolute atomic E-state index is 2.74. The lowest BCUT2D eigenvalue weighted by atomic mass is 9.40. The summed E-state index contributed by atoms with van der Waals surface area (Å²) in [5, 5.41) is 0. The molecule has 3 atom stereocenters. The van der Waals surface area contributed by atoms with E-state index < -0.39 is 0 Å². The second-order valence-electron chi connectivity index (χ2n) is 10.6. The third-order valence-corrected chi connectivity index (χ3v) is 9.05. The van der Waals surface area contributed by atoms with Gasteiger partial charge >= 0.3 is 0 Å². The molecule has 0 radical (unpaired) electrons. The van der Waals surface area contributed by atoms with Crippen LogP contribution in [-0.2, 0) is 0 Å². The van der Waals surface area contributed by atoms with Crippen LogP contribution < -0.4 is 0 Å². The molecule has 0 aliphatic heterocycles. The molecule has 0 spiro atoms. The Hall–Kier alpha value is 0. The SMILES string of the molecule is CCC1CC(C)(C23CC4CC(CC(C4)C2)C3)CCC1C(C)C. The van der Waals surface area contributed by atoms with Crippen molar-refractivity contribution in [2.24, 2.45) is 46.3 Å². The fraction of sp³-hybridized carbons (Fsp3) is 1.00. The van der Waals surface area contributed by atoms with Crippen LogP contribution in [0.3, 0.4) is 0 Å². The molecule has 0 heteroatoms. The normalized spacial score (nSPS) is 54.1. The maximum atomic E-state index is 2.74. The molecule has 22 heavy (non-hydrogen) atoms. The van der Waals surface area contributed by atoms with Crippen LogP contribution in [0, 0.1) is 46.3 Å². The minimum absolute atomic E-state index is 0.676. The van der Waals surface area contributed by atoms with Gasteiger partial charge in [0.25, 0.3) is 0 Å². The second kappa shape index (κ2) is 5.25. The fourth-order valence-electron chi connectivity index (χ4n) is 8.21. The van der Waals surface area contributed by atoms with E-state index in [9.17, 15) is 0 Å². The quantitative estimate of drug-likeness (QED) is 0.544. The van der Waals surface area contributed by atoms with Crippen molar-refractivity contribution in [3.05, 3.63) is 0 Å². The summed E-state index contributed by atoms with van der Waals surface area (Å²) in [5.41, 5.74) is 1.44. The van der Waals surface area contributed by atoms with E-state index in [2.05, 4.69) is 27.7 Å². The van der Waals surface area contributed by atoms with Crippen LogP contribution in [-0.4, -0.2) is 0 Å². The third-order valence-electron chi connectivity index (χ3n) is 9.05. The molecule has 0 aromatic rings. The maximum Gasteiger partial charge on any atom is -0.0236 e. The van der Waals surface area contributed by atoms with Gasteiger partial charge in [0, 0.05) is 0 Å². The first kappa shape index (κ1) is 15.5. The van der Waals surface area contributed by atoms with Gasteiger partial charge in [-0.25, -0.2) is 0 Å². The van der Waals surface area contributed by atoms with E-state index >= 15 is 0 Å². The zero-order valence-electron chi connectivity index (χ0n) is 15.5. The van der Waals surface area contributed by atoms with Crippen LogP contribution >= 0.6 is 0 Å². The van der Waals surface area contributed by atoms with E-state index in [1.165, 1.54) is 12.8 Å². The van der Waals surface area contributed by atoms with Gasteiger partial charge in [0.05, 0.1) is 0 Å². The molecule has 0 N–H and O–H groups in total. The van der Waals surface area contributed by atoms with E-state index in [1.807, 2.05) is 0 Å². The summed E-state index contributed by atoms with van der Waals surface area (Å²) in [6.07, 6.45) is 15.7. The minimum Gasteiger partial charge on any atom is -0.0651 e. The van der Waals surface area contributed by atoms with Crippen LogP contribution in [0.15, 0.2) is 0 Å². The Morgan fingerprint density at radius 3 is 1.91 bits per heavy atom. The molecular weight excluding hydrogens is 264 g/mol. The van der Waals surface area contributed by atoms with Crippen LogP contribution in [0.5, 0.6) is 0 Å². The molecule has 5 rings (SSSR count). The topological polar surface area (TPSA) is 0 Å². The summed E-state index contributed by atoms with van der Waals surface area (Å²) in [5.74, 6) is 6.26. The van der Waals surface area contributed by atoms with Crippen molar-refractivity contribution < 1.29 is 0 Å². The Morgan fingerprint density at radius 1 is 0.909 bits per heavy atom. The first-order valence-corrected chi connectivity index (χ1v) is 10.4. The Bertz CT molecular complexity index is 384. The van der Waals surface area contributed by atoms with Crippen molar-refractivity contribution in [3.8, 4) is 0 Å². The molecule has 5 fully saturated rings. The summed E-state index contributed by atoms with van der Waals surface area (Å²) in [4.78, 5) is 0. The van der Waals surface area contributed by atoms with Gasteiger partial charge in [0.15, 0.2) is 0 Å². The molecule has 3 unspecified atom stereocenters. The highest BCUT2D eigenvalue weighted by Crippen LogP contribution is 2.69. The molecule has 5 saturated carbocycles. The zero-order chi connectivity index (χ0) is 15.5. The smallest absolute Gasteiger partial charge is 0.0236 e. The Morgan fingerprint density at radius 2 is 1.45 bits per heavy atom. The lowest BCUT2D eigenvalue weighted by Crippen LogP contribution is -2.55. The predicted molar refractivity (Wildman–Crippen MR) is 94.7 cm³/mol. The van der Waals surface area contributed by atoms with Crippen molar-refractivity contribution >= 4 is 0 Å². The molecule has 5 aliphatic rings. The predicted octanol–water partition coefficient (Wildman–Crippen LogP) is 6.69. The molecule has 0 nitrogen and oxygen atoms in total. The molecule has 126 valence electrons. The third kappa shape index (κ3) is 2.22. The number of hydrogen-bond acceptors (Lipinski definition) is 0. The zero-order valence-corrected chi connectivity index (χ0v) is 15.5. The van der Waals surface area contributed by atoms with E-state index in [-0.39, 0.29) is 0 Å². The monoisotopic (exact) mass is 302 g/mol. The van der Waals surface area contributed by atoms with E-state index in [0.717, 1.165) is 40.9 Å². The lowest BCUT2D eigenvalue weighted by Gasteiger charge is -2.65. The van der Waals surface area contributed by atoms with E-state index in [4.69, 9.17) is 0 Å². The van der Waals surface area contributed by atoms with Crippen molar-refractivity contribution in [2.75, 3.05) is 0 Å². The standard InChI is InChI=1S/C22H38/c1-5-19-14-21(4,7-6-20(19)15(2)3)22-11-16-8-17(12-22)10-18(9-16)13-22/h15-20H,5-14H2,1-4H3. The van der Waals surface area contributed by atoms with Crippen molar-refractivity contribution in [1.82, 2.24) is 0 Å². The summed E-state index contributed by atoms with van der Waals surface area (Å²) in [6.45, 7) is 10.1. The fourth-order valence-corrected chi connectivity index (χ4v) is 8.21. The van der Waals surface area contributed by atoms with Gasteiger partial charge < -0.3 is 0 Å². The van der Waals surface area contributed by atoms with E-state index in [1.54, 1.807) is 51.4 Å². The van der Waals surface area contributed by atoms with Gasteiger partial charge in [-0.3, -0.25) is 0 Å². The summed E-state index contributed by atoms with van der Waals surface area (Å²) >= 11 is 0. The second-order valence-corrected chi connectivity index (χ2v) is 10.6. The molecule has 0 heterocycles. The Balaban J connectivity index is 1.59. The minimum atomic E-state index is 0.676. The highest BCUT2D eigenvalue weighted by atomic mass is 14.6. The highest BCUT2D eigenvalue weighted by molar-refractivity contribution is 5.09. The van der Waals surface area contributed by atoms with Crippen LogP contribution in [0.2, 0.25) is 0 Å². The van der Waals surface area contributed by atoms with Crippen LogP contribution in [0.4, 0.5) is 0 Å². The summed E-state index contributed by atoms with van der Waals surface area (Å²) in [7, 11) is 0. The summed E-state index contributed by atoms with van der Waals surface area (Å²) in [6, 6.07) is 0. The van der Waals surface area contributed by atoms with Gasteiger partial charge in [0.2, 0.25) is 0 Å². The molecule has 0 saturated heterocycles. The van der Waals surface area contributed by atoms with E-state index in [0.29, 0.717) is 5.41 Å². The van der Waals surface area contributed by atoms with Crippen LogP contribution in [0.25, 0.3) is 0 Å². The average molecular weight is 303 g/mol. The van der Waals surface area contributed by atoms with Crippen LogP contribution in [0.1, 0.15) is 91.9 Å². The van der Waals surface area contributed by atoms with Crippen molar-refractivity contribution in [3.63, 3.8) is 0 Å². The largest absolute Gasteiger partial charge is 0.0651 e. The summed E-state index contributed by atoms with van der Waals surface area (Å²) < 4.78 is 0. The first-order chi connectivity index (χ1) is 10.4. The lowest BCUT2D eigenvalue weighted by molar-refractivity contribution is -0.151. The van der Waals surface area contributed by atoms with Gasteiger partial charge in [-0.2, -0.15) is 0 Å². The Labute approximate surface area is 138 Å².